The maximum Gasteiger partial charge on any atom is 0.127 e. The van der Waals surface area contributed by atoms with Gasteiger partial charge in [-0.15, -0.1) is 0 Å². The van der Waals surface area contributed by atoms with Crippen LogP contribution in [0.25, 0.3) is 0 Å². The molecule has 1 atom stereocenters. The van der Waals surface area contributed by atoms with Crippen molar-refractivity contribution < 1.29 is 14.2 Å². The molecular weight excluding hydrogens is 282 g/mol. The summed E-state index contributed by atoms with van der Waals surface area (Å²) in [7, 11) is 3.34. The average molecular weight is 303 g/mol. The lowest BCUT2D eigenvalue weighted by Gasteiger charge is -2.35. The summed E-state index contributed by atoms with van der Waals surface area (Å²) in [6.45, 7) is 3.07. The van der Waals surface area contributed by atoms with Crippen molar-refractivity contribution in [3.63, 3.8) is 0 Å². The molecule has 6 heteroatoms. The number of ether oxygens (including phenoxy) is 3. The zero-order chi connectivity index (χ0) is 15.4. The van der Waals surface area contributed by atoms with Crippen molar-refractivity contribution in [2.75, 3.05) is 34.0 Å². The maximum atomic E-state index is 5.63. The van der Waals surface area contributed by atoms with Gasteiger partial charge in [0.1, 0.15) is 11.5 Å². The lowest BCUT2D eigenvalue weighted by atomic mass is 10.1. The van der Waals surface area contributed by atoms with E-state index in [0.717, 1.165) is 42.5 Å². The first-order valence-electron chi connectivity index (χ1n) is 7.34. The summed E-state index contributed by atoms with van der Waals surface area (Å²) in [5, 5.41) is 7.09. The van der Waals surface area contributed by atoms with Crippen molar-refractivity contribution in [2.24, 2.45) is 0 Å². The van der Waals surface area contributed by atoms with Crippen LogP contribution in [0.4, 0.5) is 0 Å². The predicted octanol–water partition coefficient (Wildman–Crippen LogP) is 2.00. The van der Waals surface area contributed by atoms with Gasteiger partial charge in [0, 0.05) is 30.9 Å². The van der Waals surface area contributed by atoms with Gasteiger partial charge in [-0.1, -0.05) is 6.07 Å². The van der Waals surface area contributed by atoms with Crippen molar-refractivity contribution in [3.8, 4) is 11.5 Å². The molecule has 6 nitrogen and oxygen atoms in total. The topological polar surface area (TPSA) is 59.6 Å². The van der Waals surface area contributed by atoms with Gasteiger partial charge in [0.2, 0.25) is 0 Å². The summed E-state index contributed by atoms with van der Waals surface area (Å²) < 4.78 is 16.4. The molecule has 1 saturated heterocycles. The number of methoxy groups -OCH3 is 2. The highest BCUT2D eigenvalue weighted by Gasteiger charge is 2.26. The van der Waals surface area contributed by atoms with Crippen LogP contribution in [-0.2, 0) is 11.3 Å². The predicted molar refractivity (Wildman–Crippen MR) is 82.1 cm³/mol. The molecule has 3 rings (SSSR count). The van der Waals surface area contributed by atoms with E-state index in [1.54, 1.807) is 20.4 Å². The molecule has 0 saturated carbocycles. The summed E-state index contributed by atoms with van der Waals surface area (Å²) in [6, 6.07) is 8.11. The highest BCUT2D eigenvalue weighted by Crippen LogP contribution is 2.30. The minimum atomic E-state index is 0.183. The average Bonchev–Trinajstić information content (AvgIpc) is 3.10. The van der Waals surface area contributed by atoms with Crippen LogP contribution in [-0.4, -0.2) is 49.1 Å². The Hall–Kier alpha value is -2.05. The Morgan fingerprint density at radius 2 is 2.23 bits per heavy atom. The second-order valence-corrected chi connectivity index (χ2v) is 5.25. The van der Waals surface area contributed by atoms with Gasteiger partial charge in [-0.3, -0.25) is 10.00 Å². The number of aromatic nitrogens is 2. The number of H-pyrrole nitrogens is 1. The van der Waals surface area contributed by atoms with E-state index in [4.69, 9.17) is 14.2 Å². The van der Waals surface area contributed by atoms with Crippen molar-refractivity contribution in [1.82, 2.24) is 15.1 Å². The fourth-order valence-corrected chi connectivity index (χ4v) is 2.77. The summed E-state index contributed by atoms with van der Waals surface area (Å²) >= 11 is 0. The minimum absolute atomic E-state index is 0.183. The largest absolute Gasteiger partial charge is 0.497 e. The molecule has 2 aromatic rings. The van der Waals surface area contributed by atoms with Crippen molar-refractivity contribution in [1.29, 1.82) is 0 Å². The quantitative estimate of drug-likeness (QED) is 0.915. The first kappa shape index (κ1) is 14.9. The van der Waals surface area contributed by atoms with Gasteiger partial charge in [-0.05, 0) is 12.1 Å². The number of hydrogen-bond acceptors (Lipinski definition) is 5. The van der Waals surface area contributed by atoms with Gasteiger partial charge in [0.25, 0.3) is 0 Å². The highest BCUT2D eigenvalue weighted by molar-refractivity contribution is 5.40. The Morgan fingerprint density at radius 1 is 1.32 bits per heavy atom. The molecule has 2 heterocycles. The maximum absolute atomic E-state index is 5.63. The second-order valence-electron chi connectivity index (χ2n) is 5.25. The SMILES string of the molecule is COc1ccc(CN2CCOC[C@@H]2c2ccn[nH]2)c(OC)c1. The molecule has 118 valence electrons. The van der Waals surface area contributed by atoms with Gasteiger partial charge in [-0.2, -0.15) is 5.10 Å². The number of morpholine rings is 1. The number of nitrogens with zero attached hydrogens (tertiary/aromatic N) is 2. The van der Waals surface area contributed by atoms with Crippen molar-refractivity contribution >= 4 is 0 Å². The van der Waals surface area contributed by atoms with Gasteiger partial charge in [-0.25, -0.2) is 0 Å². The third-order valence-corrected chi connectivity index (χ3v) is 3.99. The summed E-state index contributed by atoms with van der Waals surface area (Å²) in [5.41, 5.74) is 2.21. The Balaban J connectivity index is 1.81. The third kappa shape index (κ3) is 3.08. The van der Waals surface area contributed by atoms with E-state index in [2.05, 4.69) is 21.2 Å². The Kier molecular flexibility index (Phi) is 4.60. The first-order chi connectivity index (χ1) is 10.8. The number of aromatic amines is 1. The monoisotopic (exact) mass is 303 g/mol. The molecule has 0 spiro atoms. The van der Waals surface area contributed by atoms with Crippen LogP contribution in [0.3, 0.4) is 0 Å². The standard InChI is InChI=1S/C16H21N3O3/c1-20-13-4-3-12(16(9-13)21-2)10-19-7-8-22-11-15(19)14-5-6-17-18-14/h3-6,9,15H,7-8,10-11H2,1-2H3,(H,17,18)/t15-/m1/s1. The molecule has 0 unspecified atom stereocenters. The van der Waals surface area contributed by atoms with E-state index in [-0.39, 0.29) is 6.04 Å². The number of rotatable bonds is 5. The van der Waals surface area contributed by atoms with E-state index >= 15 is 0 Å². The van der Waals surface area contributed by atoms with E-state index < -0.39 is 0 Å². The number of hydrogen-bond donors (Lipinski definition) is 1. The number of benzene rings is 1. The van der Waals surface area contributed by atoms with Crippen molar-refractivity contribution in [2.45, 2.75) is 12.6 Å². The van der Waals surface area contributed by atoms with Crippen LogP contribution >= 0.6 is 0 Å². The van der Waals surface area contributed by atoms with Gasteiger partial charge < -0.3 is 14.2 Å². The van der Waals surface area contributed by atoms with Crippen LogP contribution < -0.4 is 9.47 Å². The Labute approximate surface area is 130 Å². The summed E-state index contributed by atoms with van der Waals surface area (Å²) in [4.78, 5) is 2.38. The lowest BCUT2D eigenvalue weighted by Crippen LogP contribution is -2.39. The molecule has 0 radical (unpaired) electrons. The molecular formula is C16H21N3O3. The minimum Gasteiger partial charge on any atom is -0.497 e. The molecule has 0 bridgehead atoms. The summed E-state index contributed by atoms with van der Waals surface area (Å²) in [5.74, 6) is 1.64. The first-order valence-corrected chi connectivity index (χ1v) is 7.34. The third-order valence-electron chi connectivity index (χ3n) is 3.99. The van der Waals surface area contributed by atoms with Gasteiger partial charge in [0.15, 0.2) is 0 Å². The second kappa shape index (κ2) is 6.81. The molecule has 1 aliphatic rings. The van der Waals surface area contributed by atoms with Gasteiger partial charge in [0.05, 0.1) is 39.2 Å². The molecule has 1 fully saturated rings. The molecule has 22 heavy (non-hydrogen) atoms. The molecule has 1 N–H and O–H groups in total. The Morgan fingerprint density at radius 3 is 2.95 bits per heavy atom. The van der Waals surface area contributed by atoms with E-state index in [9.17, 15) is 0 Å². The fraction of sp³-hybridized carbons (Fsp3) is 0.438. The normalized spacial score (nSPS) is 19.1. The Bertz CT molecular complexity index is 601. The van der Waals surface area contributed by atoms with Crippen molar-refractivity contribution in [3.05, 3.63) is 41.7 Å². The molecule has 0 aliphatic carbocycles. The smallest absolute Gasteiger partial charge is 0.127 e. The zero-order valence-corrected chi connectivity index (χ0v) is 12.9. The van der Waals surface area contributed by atoms with Crippen LogP contribution in [0.15, 0.2) is 30.5 Å². The molecule has 1 aromatic carbocycles. The van der Waals surface area contributed by atoms with Crippen LogP contribution in [0.2, 0.25) is 0 Å². The van der Waals surface area contributed by atoms with Crippen LogP contribution in [0, 0.1) is 0 Å². The fourth-order valence-electron chi connectivity index (χ4n) is 2.77. The highest BCUT2D eigenvalue weighted by atomic mass is 16.5. The van der Waals surface area contributed by atoms with E-state index in [1.807, 2.05) is 18.2 Å². The van der Waals surface area contributed by atoms with Gasteiger partial charge >= 0.3 is 0 Å². The summed E-state index contributed by atoms with van der Waals surface area (Å²) in [6.07, 6.45) is 1.77. The lowest BCUT2D eigenvalue weighted by molar-refractivity contribution is -0.0145. The van der Waals surface area contributed by atoms with E-state index in [1.165, 1.54) is 0 Å². The zero-order valence-electron chi connectivity index (χ0n) is 12.9. The van der Waals surface area contributed by atoms with E-state index in [0.29, 0.717) is 6.61 Å². The molecule has 1 aromatic heterocycles. The molecule has 0 amide bonds. The molecule has 1 aliphatic heterocycles. The van der Waals surface area contributed by atoms with Crippen LogP contribution in [0.5, 0.6) is 11.5 Å². The number of nitrogens with one attached hydrogen (secondary N) is 1. The van der Waals surface area contributed by atoms with Crippen LogP contribution in [0.1, 0.15) is 17.3 Å².